The molecule has 1 amide bonds. The second-order valence-electron chi connectivity index (χ2n) is 20.4. The van der Waals surface area contributed by atoms with E-state index in [1.165, 1.54) is 12.0 Å². The number of aliphatic hydroxyl groups is 6. The SMILES string of the molecule is CC=C(C)C(=O)OC1CCC2(C)C3CCC4C5(O)CC(O)C6(O)C(CN7CC(C)CCC7C6(C)O)C5(O)CC42OC13O.COC(=O)Nc1nc2ccc(Sc3ccccc3)cc2[nH]1.O=S(=O)(O)O. The maximum Gasteiger partial charge on any atom is 0.413 e. The van der Waals surface area contributed by atoms with Crippen LogP contribution in [0.2, 0.25) is 0 Å². The van der Waals surface area contributed by atoms with E-state index in [2.05, 4.69) is 44.0 Å². The van der Waals surface area contributed by atoms with Crippen LogP contribution in [-0.4, -0.2) is 147 Å². The molecule has 19 nitrogen and oxygen atoms in total. The Morgan fingerprint density at radius 2 is 1.62 bits per heavy atom. The van der Waals surface area contributed by atoms with Crippen LogP contribution in [0.1, 0.15) is 86.0 Å². The number of nitrogens with zero attached hydrogens (tertiary/aromatic N) is 2. The van der Waals surface area contributed by atoms with Gasteiger partial charge in [0.2, 0.25) is 11.7 Å². The molecule has 7 fully saturated rings. The highest BCUT2D eigenvalue weighted by Gasteiger charge is 2.88. The fraction of sp³-hybridized carbons (Fsp3) is 0.638. The van der Waals surface area contributed by atoms with Crippen LogP contribution in [-0.2, 0) is 29.4 Å². The van der Waals surface area contributed by atoms with Crippen molar-refractivity contribution in [2.45, 2.75) is 148 Å². The summed E-state index contributed by atoms with van der Waals surface area (Å²) in [5.74, 6) is -3.67. The van der Waals surface area contributed by atoms with Crippen molar-refractivity contribution in [3.8, 4) is 0 Å². The lowest BCUT2D eigenvalue weighted by molar-refractivity contribution is -0.354. The van der Waals surface area contributed by atoms with E-state index in [1.54, 1.807) is 38.6 Å². The number of esters is 1. The van der Waals surface area contributed by atoms with Crippen LogP contribution >= 0.6 is 11.8 Å². The molecule has 3 aromatic rings. The van der Waals surface area contributed by atoms with Crippen LogP contribution in [0.15, 0.2) is 70.0 Å². The van der Waals surface area contributed by atoms with Crippen LogP contribution in [0.25, 0.3) is 11.0 Å². The van der Waals surface area contributed by atoms with E-state index < -0.39 is 91.6 Å². The van der Waals surface area contributed by atoms with Gasteiger partial charge in [-0.2, -0.15) is 8.42 Å². The number of carbonyl (C=O) groups excluding carboxylic acids is 2. The first-order valence-corrected chi connectivity index (χ1v) is 25.3. The van der Waals surface area contributed by atoms with Gasteiger partial charge in [-0.1, -0.05) is 49.9 Å². The Kier molecular flexibility index (Phi) is 13.1. The van der Waals surface area contributed by atoms with Crippen LogP contribution in [0, 0.1) is 29.1 Å². The van der Waals surface area contributed by atoms with Gasteiger partial charge in [0.1, 0.15) is 22.4 Å². The first kappa shape index (κ1) is 50.7. The normalized spacial score (nSPS) is 41.3. The van der Waals surface area contributed by atoms with Crippen molar-refractivity contribution in [3.05, 3.63) is 60.2 Å². The molecule has 1 spiro atoms. The van der Waals surface area contributed by atoms with Gasteiger partial charge in [-0.3, -0.25) is 19.3 Å². The van der Waals surface area contributed by atoms with Gasteiger partial charge in [-0.15, -0.1) is 0 Å². The lowest BCUT2D eigenvalue weighted by Crippen LogP contribution is -2.85. The second kappa shape index (κ2) is 17.5. The zero-order valence-electron chi connectivity index (χ0n) is 39.0. The molecule has 3 aliphatic heterocycles. The number of aromatic amines is 1. The molecule has 0 radical (unpaired) electrons. The number of fused-ring (bicyclic) bond motifs is 6. The lowest BCUT2D eigenvalue weighted by atomic mass is 9.49. The zero-order valence-corrected chi connectivity index (χ0v) is 40.6. The van der Waals surface area contributed by atoms with Gasteiger partial charge >= 0.3 is 22.5 Å². The number of hydrogen-bond acceptors (Lipinski definition) is 16. The van der Waals surface area contributed by atoms with Crippen molar-refractivity contribution in [1.29, 1.82) is 0 Å². The van der Waals surface area contributed by atoms with E-state index in [-0.39, 0.29) is 25.4 Å². The van der Waals surface area contributed by atoms with E-state index in [4.69, 9.17) is 27.0 Å². The van der Waals surface area contributed by atoms with Gasteiger partial charge in [-0.05, 0) is 95.5 Å². The summed E-state index contributed by atoms with van der Waals surface area (Å²) < 4.78 is 48.7. The number of aliphatic hydroxyl groups excluding tert-OH is 1. The number of nitrogens with one attached hydrogen (secondary N) is 2. The molecule has 4 aliphatic carbocycles. The molecule has 2 aromatic carbocycles. The summed E-state index contributed by atoms with van der Waals surface area (Å²) in [6.45, 7) is 10.1. The van der Waals surface area contributed by atoms with E-state index in [9.17, 15) is 40.2 Å². The molecule has 21 heteroatoms. The summed E-state index contributed by atoms with van der Waals surface area (Å²) in [7, 11) is -3.35. The Labute approximate surface area is 399 Å². The molecule has 1 aromatic heterocycles. The molecular formula is C47H64N4O15S2. The predicted octanol–water partition coefficient (Wildman–Crippen LogP) is 4.23. The highest BCUT2D eigenvalue weighted by atomic mass is 32.3. The highest BCUT2D eigenvalue weighted by Crippen LogP contribution is 2.78. The number of hydrogen-bond donors (Lipinski definition) is 10. The van der Waals surface area contributed by atoms with Crippen LogP contribution in [0.5, 0.6) is 0 Å². The number of carbonyl (C=O) groups is 2. The van der Waals surface area contributed by atoms with Crippen LogP contribution < -0.4 is 5.32 Å². The van der Waals surface area contributed by atoms with Gasteiger partial charge in [0.15, 0.2) is 6.10 Å². The smallest absolute Gasteiger partial charge is 0.413 e. The quantitative estimate of drug-likeness (QED) is 0.0972. The van der Waals surface area contributed by atoms with E-state index >= 15 is 0 Å². The zero-order chi connectivity index (χ0) is 49.6. The standard InChI is InChI=1S/C32H49NO9.C15H13N3O2S.H2O4S/c1-6-18(3)25(35)41-24-11-12-26(4)19-8-9-20-28(37)13-23(34)31(39)21(29(28,38)16-30(20,26)42-32(19,24)40)15-33-14-17(2)7-10-22(33)27(31,5)36;1-20-15(19)18-14-16-12-8-7-11(9-13(12)17-14)21-10-5-3-2-4-6-10;1-5(2,3)4/h6,17,19-24,34,36-40H,7-16H2,1-5H3;2-9H,1H3,(H2,16,17,18,19);(H2,1,2,3,4). The molecule has 374 valence electrons. The largest absolute Gasteiger partial charge is 0.453 e. The molecule has 4 saturated carbocycles. The number of amides is 1. The molecule has 10 N–H and O–H groups in total. The molecule has 3 saturated heterocycles. The third-order valence-electron chi connectivity index (χ3n) is 16.9. The minimum atomic E-state index is -4.67. The summed E-state index contributed by atoms with van der Waals surface area (Å²) in [6, 6.07) is 15.7. The van der Waals surface area contributed by atoms with Gasteiger partial charge < -0.3 is 49.8 Å². The van der Waals surface area contributed by atoms with E-state index in [1.807, 2.05) is 43.3 Å². The average molecular weight is 989 g/mol. The average Bonchev–Trinajstić information content (AvgIpc) is 3.74. The molecule has 7 aliphatic rings. The third kappa shape index (κ3) is 7.98. The van der Waals surface area contributed by atoms with Gasteiger partial charge in [0.05, 0.1) is 29.8 Å². The topological polar surface area (TPSA) is 302 Å². The van der Waals surface area contributed by atoms with Crippen LogP contribution in [0.4, 0.5) is 10.7 Å². The molecular weight excluding hydrogens is 925 g/mol. The van der Waals surface area contributed by atoms with Crippen molar-refractivity contribution in [1.82, 2.24) is 14.9 Å². The van der Waals surface area contributed by atoms with Crippen LogP contribution in [0.3, 0.4) is 0 Å². The fourth-order valence-electron chi connectivity index (χ4n) is 13.7. The number of aromatic nitrogens is 2. The summed E-state index contributed by atoms with van der Waals surface area (Å²) in [5.41, 5.74) is -7.30. The van der Waals surface area contributed by atoms with Crippen molar-refractivity contribution in [2.75, 3.05) is 25.5 Å². The fourth-order valence-corrected chi connectivity index (χ4v) is 14.5. The van der Waals surface area contributed by atoms with Crippen molar-refractivity contribution >= 4 is 51.2 Å². The first-order chi connectivity index (χ1) is 31.7. The Morgan fingerprint density at radius 1 is 0.941 bits per heavy atom. The molecule has 68 heavy (non-hydrogen) atoms. The number of rotatable bonds is 5. The minimum absolute atomic E-state index is 0.0606. The summed E-state index contributed by atoms with van der Waals surface area (Å²) >= 11 is 1.67. The number of benzene rings is 2. The molecule has 10 rings (SSSR count). The van der Waals surface area contributed by atoms with Gasteiger partial charge in [-0.25, -0.2) is 14.6 Å². The van der Waals surface area contributed by atoms with E-state index in [0.29, 0.717) is 56.1 Å². The van der Waals surface area contributed by atoms with Crippen molar-refractivity contribution in [3.63, 3.8) is 0 Å². The van der Waals surface area contributed by atoms with Crippen molar-refractivity contribution < 1.29 is 72.0 Å². The summed E-state index contributed by atoms with van der Waals surface area (Å²) in [5, 5.41) is 76.5. The maximum atomic E-state index is 12.9. The molecule has 4 bridgehead atoms. The Hall–Kier alpha value is -3.71. The maximum absolute atomic E-state index is 12.9. The first-order valence-electron chi connectivity index (χ1n) is 23.1. The van der Waals surface area contributed by atoms with E-state index in [0.717, 1.165) is 22.3 Å². The Morgan fingerprint density at radius 3 is 2.28 bits per heavy atom. The van der Waals surface area contributed by atoms with Crippen molar-refractivity contribution in [2.24, 2.45) is 29.1 Å². The Bertz CT molecular complexity index is 2560. The molecule has 14 atom stereocenters. The number of ether oxygens (including phenoxy) is 3. The number of H-pyrrole nitrogens is 1. The minimum Gasteiger partial charge on any atom is -0.453 e. The number of methoxy groups -OCH3 is 1. The summed E-state index contributed by atoms with van der Waals surface area (Å²) in [6.07, 6.45) is 1.75. The molecule has 4 heterocycles. The number of piperidine rings is 2. The highest BCUT2D eigenvalue weighted by molar-refractivity contribution is 7.99. The lowest BCUT2D eigenvalue weighted by Gasteiger charge is -2.68. The predicted molar refractivity (Wildman–Crippen MR) is 246 cm³/mol. The number of allylic oxidation sites excluding steroid dienone is 1. The number of imidazole rings is 1. The summed E-state index contributed by atoms with van der Waals surface area (Å²) in [4.78, 5) is 35.7. The second-order valence-corrected chi connectivity index (χ2v) is 22.5. The number of anilines is 1. The molecule has 14 unspecified atom stereocenters. The Balaban J connectivity index is 0.000000200. The monoisotopic (exact) mass is 988 g/mol. The van der Waals surface area contributed by atoms with Gasteiger partial charge in [0.25, 0.3) is 0 Å². The third-order valence-corrected chi connectivity index (χ3v) is 17.9. The van der Waals surface area contributed by atoms with Gasteiger partial charge in [0, 0.05) is 70.5 Å².